The van der Waals surface area contributed by atoms with Crippen molar-refractivity contribution in [2.75, 3.05) is 13.7 Å². The van der Waals surface area contributed by atoms with Crippen LogP contribution in [0.1, 0.15) is 19.4 Å². The number of phenols is 1. The number of carbonyl (C=O) groups is 1. The van der Waals surface area contributed by atoms with Crippen molar-refractivity contribution in [1.29, 1.82) is 0 Å². The summed E-state index contributed by atoms with van der Waals surface area (Å²) in [5.41, 5.74) is 0.990. The number of ether oxygens (including phenoxy) is 2. The van der Waals surface area contributed by atoms with Crippen molar-refractivity contribution in [3.63, 3.8) is 0 Å². The van der Waals surface area contributed by atoms with Gasteiger partial charge in [0.15, 0.2) is 0 Å². The normalized spacial score (nSPS) is 11.1. The second-order valence-electron chi connectivity index (χ2n) is 3.47. The molecule has 17 heavy (non-hydrogen) atoms. The molecule has 0 atom stereocenters. The van der Waals surface area contributed by atoms with Crippen molar-refractivity contribution in [3.05, 3.63) is 29.3 Å². The number of methoxy groups -OCH3 is 1. The summed E-state index contributed by atoms with van der Waals surface area (Å²) in [5, 5.41) is 9.71. The van der Waals surface area contributed by atoms with Crippen molar-refractivity contribution in [1.82, 2.24) is 0 Å². The lowest BCUT2D eigenvalue weighted by Gasteiger charge is -2.05. The third kappa shape index (κ3) is 3.52. The Kier molecular flexibility index (Phi) is 4.57. The lowest BCUT2D eigenvalue weighted by molar-refractivity contribution is -0.138. The van der Waals surface area contributed by atoms with E-state index in [1.807, 2.05) is 0 Å². The summed E-state index contributed by atoms with van der Waals surface area (Å²) in [6.45, 7) is 3.72. The van der Waals surface area contributed by atoms with Crippen molar-refractivity contribution >= 4 is 12.0 Å². The third-order valence-corrected chi connectivity index (χ3v) is 2.21. The van der Waals surface area contributed by atoms with Crippen LogP contribution in [0, 0.1) is 0 Å². The molecule has 0 spiro atoms. The number of aromatic hydroxyl groups is 1. The molecule has 0 aromatic heterocycles. The van der Waals surface area contributed by atoms with Crippen LogP contribution in [-0.4, -0.2) is 24.8 Å². The van der Waals surface area contributed by atoms with E-state index in [4.69, 9.17) is 9.47 Å². The Morgan fingerprint density at radius 1 is 1.47 bits per heavy atom. The highest BCUT2D eigenvalue weighted by Gasteiger charge is 2.07. The minimum atomic E-state index is -0.386. The molecule has 0 amide bonds. The lowest BCUT2D eigenvalue weighted by atomic mass is 10.1. The van der Waals surface area contributed by atoms with Gasteiger partial charge in [0.1, 0.15) is 11.5 Å². The molecule has 92 valence electrons. The van der Waals surface area contributed by atoms with Crippen LogP contribution in [0.15, 0.2) is 23.8 Å². The van der Waals surface area contributed by atoms with Crippen LogP contribution in [0.2, 0.25) is 0 Å². The number of phenolic OH excluding ortho intramolecular Hbond substituents is 1. The van der Waals surface area contributed by atoms with Crippen LogP contribution in [0.25, 0.3) is 6.08 Å². The highest BCUT2D eigenvalue weighted by molar-refractivity contribution is 5.93. The van der Waals surface area contributed by atoms with Crippen LogP contribution in [0.4, 0.5) is 0 Å². The van der Waals surface area contributed by atoms with Gasteiger partial charge in [-0.1, -0.05) is 0 Å². The largest absolute Gasteiger partial charge is 0.507 e. The molecule has 0 fully saturated rings. The average Bonchev–Trinajstić information content (AvgIpc) is 2.31. The predicted octanol–water partition coefficient (Wildman–Crippen LogP) is 2.37. The molecule has 1 rings (SSSR count). The maximum absolute atomic E-state index is 11.4. The number of benzene rings is 1. The summed E-state index contributed by atoms with van der Waals surface area (Å²) in [6.07, 6.45) is 1.58. The van der Waals surface area contributed by atoms with Crippen molar-refractivity contribution in [2.45, 2.75) is 13.8 Å². The molecule has 1 N–H and O–H groups in total. The number of hydrogen-bond acceptors (Lipinski definition) is 4. The van der Waals surface area contributed by atoms with Gasteiger partial charge in [0.25, 0.3) is 0 Å². The van der Waals surface area contributed by atoms with E-state index in [9.17, 15) is 9.90 Å². The Labute approximate surface area is 100 Å². The molecule has 0 unspecified atom stereocenters. The summed E-state index contributed by atoms with van der Waals surface area (Å²) in [5.74, 6) is 0.240. The highest BCUT2D eigenvalue weighted by atomic mass is 16.5. The maximum Gasteiger partial charge on any atom is 0.333 e. The Morgan fingerprint density at radius 3 is 2.71 bits per heavy atom. The quantitative estimate of drug-likeness (QED) is 0.644. The molecule has 0 heterocycles. The summed E-state index contributed by atoms with van der Waals surface area (Å²) >= 11 is 0. The van der Waals surface area contributed by atoms with Gasteiger partial charge >= 0.3 is 5.97 Å². The summed E-state index contributed by atoms with van der Waals surface area (Å²) in [7, 11) is 1.52. The zero-order valence-corrected chi connectivity index (χ0v) is 10.2. The second kappa shape index (κ2) is 5.94. The first-order chi connectivity index (χ1) is 8.08. The Balaban J connectivity index is 2.94. The Bertz CT molecular complexity index is 435. The van der Waals surface area contributed by atoms with Gasteiger partial charge < -0.3 is 14.6 Å². The van der Waals surface area contributed by atoms with E-state index in [0.717, 1.165) is 0 Å². The first-order valence-corrected chi connectivity index (χ1v) is 5.31. The minimum Gasteiger partial charge on any atom is -0.507 e. The molecule has 1 aromatic carbocycles. The molecule has 4 nitrogen and oxygen atoms in total. The standard InChI is InChI=1S/C13H16O4/c1-4-17-13(15)9(2)7-10-5-6-11(16-3)8-12(10)14/h5-8,14H,4H2,1-3H3. The lowest BCUT2D eigenvalue weighted by Crippen LogP contribution is -2.04. The number of rotatable bonds is 4. The molecule has 0 saturated heterocycles. The minimum absolute atomic E-state index is 0.0630. The molecule has 1 aromatic rings. The van der Waals surface area contributed by atoms with Crippen LogP contribution >= 0.6 is 0 Å². The smallest absolute Gasteiger partial charge is 0.333 e. The van der Waals surface area contributed by atoms with E-state index < -0.39 is 0 Å². The fourth-order valence-corrected chi connectivity index (χ4v) is 1.31. The van der Waals surface area contributed by atoms with Crippen molar-refractivity contribution in [3.8, 4) is 11.5 Å². The molecule has 4 heteroatoms. The molecule has 0 bridgehead atoms. The van der Waals surface area contributed by atoms with Gasteiger partial charge in [-0.05, 0) is 32.1 Å². The van der Waals surface area contributed by atoms with Crippen molar-refractivity contribution < 1.29 is 19.4 Å². The molecule has 0 saturated carbocycles. The predicted molar refractivity (Wildman–Crippen MR) is 64.9 cm³/mol. The summed E-state index contributed by atoms with van der Waals surface area (Å²) in [4.78, 5) is 11.4. The summed E-state index contributed by atoms with van der Waals surface area (Å²) < 4.78 is 9.82. The summed E-state index contributed by atoms with van der Waals surface area (Å²) in [6, 6.07) is 4.88. The zero-order chi connectivity index (χ0) is 12.8. The van der Waals surface area contributed by atoms with Gasteiger partial charge in [0, 0.05) is 17.2 Å². The van der Waals surface area contributed by atoms with E-state index in [1.54, 1.807) is 32.1 Å². The fraction of sp³-hybridized carbons (Fsp3) is 0.308. The highest BCUT2D eigenvalue weighted by Crippen LogP contribution is 2.25. The monoisotopic (exact) mass is 236 g/mol. The van der Waals surface area contributed by atoms with Gasteiger partial charge in [0.05, 0.1) is 13.7 Å². The SMILES string of the molecule is CCOC(=O)C(C)=Cc1ccc(OC)cc1O. The first-order valence-electron chi connectivity index (χ1n) is 5.31. The first kappa shape index (κ1) is 13.1. The zero-order valence-electron chi connectivity index (χ0n) is 10.2. The topological polar surface area (TPSA) is 55.8 Å². The van der Waals surface area contributed by atoms with E-state index in [0.29, 0.717) is 23.5 Å². The van der Waals surface area contributed by atoms with E-state index in [1.165, 1.54) is 13.2 Å². The van der Waals surface area contributed by atoms with Gasteiger partial charge in [0.2, 0.25) is 0 Å². The number of esters is 1. The number of hydrogen-bond donors (Lipinski definition) is 1. The molecule has 0 aliphatic heterocycles. The average molecular weight is 236 g/mol. The van der Waals surface area contributed by atoms with Crippen LogP contribution in [0.5, 0.6) is 11.5 Å². The Hall–Kier alpha value is -1.97. The second-order valence-corrected chi connectivity index (χ2v) is 3.47. The van der Waals surface area contributed by atoms with Crippen molar-refractivity contribution in [2.24, 2.45) is 0 Å². The number of carbonyl (C=O) groups excluding carboxylic acids is 1. The van der Waals surface area contributed by atoms with Gasteiger partial charge in [-0.3, -0.25) is 0 Å². The Morgan fingerprint density at radius 2 is 2.18 bits per heavy atom. The van der Waals surface area contributed by atoms with E-state index >= 15 is 0 Å². The van der Waals surface area contributed by atoms with Gasteiger partial charge in [-0.25, -0.2) is 4.79 Å². The van der Waals surface area contributed by atoms with E-state index in [2.05, 4.69) is 0 Å². The van der Waals surface area contributed by atoms with Crippen LogP contribution in [0.3, 0.4) is 0 Å². The van der Waals surface area contributed by atoms with Gasteiger partial charge in [-0.15, -0.1) is 0 Å². The third-order valence-electron chi connectivity index (χ3n) is 2.21. The van der Waals surface area contributed by atoms with E-state index in [-0.39, 0.29) is 11.7 Å². The fourth-order valence-electron chi connectivity index (χ4n) is 1.31. The van der Waals surface area contributed by atoms with Gasteiger partial charge in [-0.2, -0.15) is 0 Å². The maximum atomic E-state index is 11.4. The van der Waals surface area contributed by atoms with Crippen LogP contribution in [-0.2, 0) is 9.53 Å². The molecular formula is C13H16O4. The molecule has 0 aliphatic carbocycles. The molecule has 0 radical (unpaired) electrons. The van der Waals surface area contributed by atoms with Crippen LogP contribution < -0.4 is 4.74 Å². The molecular weight excluding hydrogens is 220 g/mol. The molecule has 0 aliphatic rings.